The Labute approximate surface area is 157 Å². The van der Waals surface area contributed by atoms with Crippen LogP contribution in [0.4, 0.5) is 0 Å². The van der Waals surface area contributed by atoms with Crippen LogP contribution in [-0.4, -0.2) is 20.4 Å². The first-order chi connectivity index (χ1) is 12.1. The highest BCUT2D eigenvalue weighted by Crippen LogP contribution is 2.28. The number of carboxylic acid groups (broad SMARTS) is 1. The molecule has 0 bridgehead atoms. The van der Waals surface area contributed by atoms with E-state index >= 15 is 0 Å². The van der Waals surface area contributed by atoms with E-state index in [1.54, 1.807) is 12.1 Å². The van der Waals surface area contributed by atoms with Gasteiger partial charge in [-0.05, 0) is 63.1 Å². The maximum atomic E-state index is 12.4. The van der Waals surface area contributed by atoms with Crippen LogP contribution in [0.5, 0.6) is 11.5 Å². The van der Waals surface area contributed by atoms with Crippen molar-refractivity contribution in [3.63, 3.8) is 0 Å². The molecule has 2 atom stereocenters. The Morgan fingerprint density at radius 1 is 1.19 bits per heavy atom. The van der Waals surface area contributed by atoms with Crippen molar-refractivity contribution in [2.24, 2.45) is 0 Å². The smallest absolute Gasteiger partial charge is 0.305 e. The van der Waals surface area contributed by atoms with Gasteiger partial charge in [-0.1, -0.05) is 24.3 Å². The number of rotatable bonds is 7. The van der Waals surface area contributed by atoms with Crippen molar-refractivity contribution in [2.45, 2.75) is 44.9 Å². The van der Waals surface area contributed by atoms with E-state index in [9.17, 15) is 14.5 Å². The quantitative estimate of drug-likeness (QED) is 0.703. The van der Waals surface area contributed by atoms with Gasteiger partial charge in [-0.2, -0.15) is 0 Å². The second kappa shape index (κ2) is 8.58. The van der Waals surface area contributed by atoms with Crippen LogP contribution in [0.1, 0.15) is 44.4 Å². The third kappa shape index (κ3) is 6.05. The number of nitrogens with one attached hydrogen (secondary N) is 1. The molecule has 0 spiro atoms. The monoisotopic (exact) mass is 375 g/mol. The molecular formula is C20H25NO4S. The summed E-state index contributed by atoms with van der Waals surface area (Å²) < 4.78 is 20.7. The van der Waals surface area contributed by atoms with Gasteiger partial charge in [-0.3, -0.25) is 4.79 Å². The normalized spacial score (nSPS) is 13.9. The first kappa shape index (κ1) is 20.3. The van der Waals surface area contributed by atoms with E-state index in [0.29, 0.717) is 11.5 Å². The lowest BCUT2D eigenvalue weighted by Gasteiger charge is -2.27. The fourth-order valence-corrected chi connectivity index (χ4v) is 3.15. The number of carbonyl (C=O) groups is 1. The van der Waals surface area contributed by atoms with Crippen molar-refractivity contribution in [1.29, 1.82) is 0 Å². The lowest BCUT2D eigenvalue weighted by molar-refractivity contribution is -0.137. The van der Waals surface area contributed by atoms with Crippen LogP contribution in [0.2, 0.25) is 0 Å². The van der Waals surface area contributed by atoms with Crippen molar-refractivity contribution < 1.29 is 19.2 Å². The summed E-state index contributed by atoms with van der Waals surface area (Å²) in [7, 11) is 0. The van der Waals surface area contributed by atoms with Crippen molar-refractivity contribution in [2.75, 3.05) is 0 Å². The number of aryl methyl sites for hydroxylation is 1. The number of benzene rings is 2. The van der Waals surface area contributed by atoms with E-state index in [2.05, 4.69) is 4.72 Å². The zero-order valence-electron chi connectivity index (χ0n) is 15.5. The minimum absolute atomic E-state index is 0.171. The van der Waals surface area contributed by atoms with Gasteiger partial charge in [0.25, 0.3) is 0 Å². The molecule has 0 amide bonds. The second-order valence-corrected chi connectivity index (χ2v) is 9.14. The molecule has 0 aliphatic heterocycles. The third-order valence-electron chi connectivity index (χ3n) is 3.67. The molecule has 0 aliphatic carbocycles. The van der Waals surface area contributed by atoms with Crippen molar-refractivity contribution in [3.8, 4) is 11.5 Å². The minimum atomic E-state index is -1.39. The minimum Gasteiger partial charge on any atom is -0.598 e. The summed E-state index contributed by atoms with van der Waals surface area (Å²) in [6.07, 6.45) is -0.171. The van der Waals surface area contributed by atoms with E-state index in [-0.39, 0.29) is 6.42 Å². The Morgan fingerprint density at radius 2 is 1.81 bits per heavy atom. The van der Waals surface area contributed by atoms with Crippen LogP contribution < -0.4 is 9.46 Å². The van der Waals surface area contributed by atoms with Crippen LogP contribution in [0.3, 0.4) is 0 Å². The number of hydrogen-bond acceptors (Lipinski definition) is 4. The topological polar surface area (TPSA) is 81.6 Å². The molecule has 2 unspecified atom stereocenters. The van der Waals surface area contributed by atoms with E-state index < -0.39 is 28.1 Å². The lowest BCUT2D eigenvalue weighted by atomic mass is 10.0. The zero-order valence-corrected chi connectivity index (χ0v) is 16.3. The van der Waals surface area contributed by atoms with E-state index in [1.807, 2.05) is 64.1 Å². The molecule has 2 aromatic carbocycles. The highest BCUT2D eigenvalue weighted by atomic mass is 32.2. The standard InChI is InChI=1S/C20H25NO4S/c1-14-7-5-9-16(11-14)25-17-10-6-8-15(12-17)18(13-19(22)23)21-26(24)20(2,3)4/h5-12,18,21H,13H2,1-4H3,(H,22,23). The Kier molecular flexibility index (Phi) is 6.69. The van der Waals surface area contributed by atoms with E-state index in [4.69, 9.17) is 4.74 Å². The fraction of sp³-hybridized carbons (Fsp3) is 0.350. The number of carboxylic acids is 1. The van der Waals surface area contributed by atoms with Gasteiger partial charge in [0.1, 0.15) is 16.2 Å². The van der Waals surface area contributed by atoms with Gasteiger partial charge in [0.15, 0.2) is 0 Å². The molecule has 0 saturated heterocycles. The van der Waals surface area contributed by atoms with Crippen LogP contribution in [0, 0.1) is 6.92 Å². The van der Waals surface area contributed by atoms with Crippen molar-refractivity contribution >= 4 is 17.3 Å². The SMILES string of the molecule is Cc1cccc(Oc2cccc(C(CC(=O)O)N[S+]([O-])C(C)(C)C)c2)c1. The van der Waals surface area contributed by atoms with Crippen LogP contribution in [0.15, 0.2) is 48.5 Å². The molecule has 2 N–H and O–H groups in total. The summed E-state index contributed by atoms with van der Waals surface area (Å²) in [4.78, 5) is 11.3. The highest BCUT2D eigenvalue weighted by molar-refractivity contribution is 7.90. The second-order valence-electron chi connectivity index (χ2n) is 7.14. The van der Waals surface area contributed by atoms with Gasteiger partial charge in [0, 0.05) is 11.4 Å². The predicted octanol–water partition coefficient (Wildman–Crippen LogP) is 4.35. The Bertz CT molecular complexity index is 757. The largest absolute Gasteiger partial charge is 0.598 e. The van der Waals surface area contributed by atoms with Gasteiger partial charge in [0.05, 0.1) is 12.5 Å². The summed E-state index contributed by atoms with van der Waals surface area (Å²) in [6.45, 7) is 7.50. The number of hydrogen-bond donors (Lipinski definition) is 2. The summed E-state index contributed by atoms with van der Waals surface area (Å²) >= 11 is -1.39. The summed E-state index contributed by atoms with van der Waals surface area (Å²) in [6, 6.07) is 14.3. The fourth-order valence-electron chi connectivity index (χ4n) is 2.32. The van der Waals surface area contributed by atoms with Gasteiger partial charge < -0.3 is 14.4 Å². The number of aliphatic carboxylic acids is 1. The average Bonchev–Trinajstić information content (AvgIpc) is 2.53. The molecule has 26 heavy (non-hydrogen) atoms. The Morgan fingerprint density at radius 3 is 2.38 bits per heavy atom. The predicted molar refractivity (Wildman–Crippen MR) is 104 cm³/mol. The maximum absolute atomic E-state index is 12.4. The van der Waals surface area contributed by atoms with E-state index in [1.165, 1.54) is 0 Å². The molecule has 0 aliphatic rings. The average molecular weight is 375 g/mol. The Hall–Kier alpha value is -2.02. The van der Waals surface area contributed by atoms with Crippen molar-refractivity contribution in [3.05, 3.63) is 59.7 Å². The lowest BCUT2D eigenvalue weighted by Crippen LogP contribution is -2.41. The summed E-state index contributed by atoms with van der Waals surface area (Å²) in [5.41, 5.74) is 1.81. The first-order valence-electron chi connectivity index (χ1n) is 8.39. The molecule has 2 rings (SSSR count). The molecule has 0 radical (unpaired) electrons. The molecule has 2 aromatic rings. The number of ether oxygens (including phenoxy) is 1. The van der Waals surface area contributed by atoms with Gasteiger partial charge >= 0.3 is 5.97 Å². The van der Waals surface area contributed by atoms with Crippen LogP contribution in [0.25, 0.3) is 0 Å². The first-order valence-corrected chi connectivity index (χ1v) is 9.54. The molecule has 0 fully saturated rings. The highest BCUT2D eigenvalue weighted by Gasteiger charge is 2.31. The molecule has 5 nitrogen and oxygen atoms in total. The van der Waals surface area contributed by atoms with Crippen LogP contribution >= 0.6 is 0 Å². The van der Waals surface area contributed by atoms with Gasteiger partial charge in [0.2, 0.25) is 0 Å². The van der Waals surface area contributed by atoms with Gasteiger partial charge in [-0.15, -0.1) is 4.72 Å². The zero-order chi connectivity index (χ0) is 19.3. The third-order valence-corrected chi connectivity index (χ3v) is 5.28. The van der Waals surface area contributed by atoms with Gasteiger partial charge in [-0.25, -0.2) is 0 Å². The van der Waals surface area contributed by atoms with E-state index in [0.717, 1.165) is 11.1 Å². The molecule has 0 heterocycles. The maximum Gasteiger partial charge on any atom is 0.305 e. The molecule has 6 heteroatoms. The molecule has 140 valence electrons. The molecular weight excluding hydrogens is 350 g/mol. The summed E-state index contributed by atoms with van der Waals surface area (Å²) in [5, 5.41) is 9.23. The Balaban J connectivity index is 2.23. The van der Waals surface area contributed by atoms with Crippen LogP contribution in [-0.2, 0) is 16.2 Å². The molecule has 0 saturated carbocycles. The summed E-state index contributed by atoms with van der Waals surface area (Å²) in [5.74, 6) is 0.355. The molecule has 0 aromatic heterocycles. The van der Waals surface area contributed by atoms with Crippen molar-refractivity contribution in [1.82, 2.24) is 4.72 Å².